The Hall–Kier alpha value is -2.19. The number of rotatable bonds is 44. The minimum Gasteiger partial charge on any atom is -0.477 e. The summed E-state index contributed by atoms with van der Waals surface area (Å²) in [5, 5.41) is 9.63. The van der Waals surface area contributed by atoms with Gasteiger partial charge in [-0.05, 0) is 38.5 Å². The molecule has 0 aliphatic heterocycles. The van der Waals surface area contributed by atoms with Crippen LogP contribution in [0.25, 0.3) is 0 Å². The molecule has 0 aliphatic rings. The van der Waals surface area contributed by atoms with Gasteiger partial charge in [-0.25, -0.2) is 4.79 Å². The molecule has 0 saturated heterocycles. The van der Waals surface area contributed by atoms with Crippen LogP contribution in [0.5, 0.6) is 0 Å². The van der Waals surface area contributed by atoms with Crippen LogP contribution in [-0.2, 0) is 28.6 Å². The number of hydrogen-bond acceptors (Lipinski definition) is 6. The Morgan fingerprint density at radius 1 is 0.517 bits per heavy atom. The van der Waals surface area contributed by atoms with Crippen molar-refractivity contribution in [2.24, 2.45) is 0 Å². The molecular weight excluding hydrogens is 727 g/mol. The third-order valence-electron chi connectivity index (χ3n) is 11.1. The molecule has 0 bridgehead atoms. The Balaban J connectivity index is 4.29. The molecule has 0 amide bonds. The molecular formula is C50H94NO7+. The van der Waals surface area contributed by atoms with Gasteiger partial charge in [0, 0.05) is 19.3 Å². The first-order chi connectivity index (χ1) is 28.1. The molecule has 0 aliphatic carbocycles. The molecule has 0 fully saturated rings. The Morgan fingerprint density at radius 3 is 1.31 bits per heavy atom. The molecule has 0 saturated carbocycles. The summed E-state index contributed by atoms with van der Waals surface area (Å²) in [5.74, 6) is -1.49. The van der Waals surface area contributed by atoms with Gasteiger partial charge in [-0.15, -0.1) is 0 Å². The maximum absolute atomic E-state index is 12.7. The zero-order valence-electron chi connectivity index (χ0n) is 38.8. The summed E-state index contributed by atoms with van der Waals surface area (Å²) in [6, 6.07) is -0.617. The van der Waals surface area contributed by atoms with Crippen molar-refractivity contribution in [2.45, 2.75) is 238 Å². The maximum Gasteiger partial charge on any atom is 0.362 e. The van der Waals surface area contributed by atoms with E-state index in [0.717, 1.165) is 51.4 Å². The number of allylic oxidation sites excluding steroid dienone is 4. The number of likely N-dealkylation sites (N-methyl/N-ethyl adjacent to an activating group) is 1. The number of unbranched alkanes of at least 4 members (excludes halogenated alkanes) is 27. The van der Waals surface area contributed by atoms with Crippen LogP contribution in [0.2, 0.25) is 0 Å². The zero-order valence-corrected chi connectivity index (χ0v) is 38.8. The highest BCUT2D eigenvalue weighted by molar-refractivity contribution is 5.72. The molecule has 1 N–H and O–H groups in total. The second-order valence-corrected chi connectivity index (χ2v) is 17.8. The first-order valence-corrected chi connectivity index (χ1v) is 24.4. The van der Waals surface area contributed by atoms with Gasteiger partial charge >= 0.3 is 17.9 Å². The molecule has 2 atom stereocenters. The van der Waals surface area contributed by atoms with Crippen molar-refractivity contribution in [3.63, 3.8) is 0 Å². The van der Waals surface area contributed by atoms with Crippen molar-refractivity contribution < 1.29 is 38.2 Å². The van der Waals surface area contributed by atoms with Crippen LogP contribution in [0.15, 0.2) is 24.3 Å². The number of aliphatic carboxylic acids is 1. The van der Waals surface area contributed by atoms with Gasteiger partial charge < -0.3 is 23.8 Å². The summed E-state index contributed by atoms with van der Waals surface area (Å²) < 4.78 is 17.3. The highest BCUT2D eigenvalue weighted by Gasteiger charge is 2.31. The van der Waals surface area contributed by atoms with Crippen molar-refractivity contribution in [1.82, 2.24) is 0 Å². The van der Waals surface area contributed by atoms with Crippen LogP contribution in [0.1, 0.15) is 226 Å². The zero-order chi connectivity index (χ0) is 42.8. The van der Waals surface area contributed by atoms with E-state index in [2.05, 4.69) is 38.2 Å². The lowest BCUT2D eigenvalue weighted by atomic mass is 10.0. The number of ether oxygens (including phenoxy) is 3. The highest BCUT2D eigenvalue weighted by Crippen LogP contribution is 2.16. The van der Waals surface area contributed by atoms with Crippen molar-refractivity contribution in [2.75, 3.05) is 41.0 Å². The van der Waals surface area contributed by atoms with Crippen molar-refractivity contribution in [1.29, 1.82) is 0 Å². The first kappa shape index (κ1) is 55.8. The van der Waals surface area contributed by atoms with Gasteiger partial charge in [-0.2, -0.15) is 0 Å². The summed E-state index contributed by atoms with van der Waals surface area (Å²) in [4.78, 5) is 37.1. The van der Waals surface area contributed by atoms with Crippen LogP contribution >= 0.6 is 0 Å². The molecule has 8 nitrogen and oxygen atoms in total. The molecule has 0 spiro atoms. The Morgan fingerprint density at radius 2 is 0.897 bits per heavy atom. The van der Waals surface area contributed by atoms with Gasteiger partial charge in [0.25, 0.3) is 0 Å². The number of carboxylic acid groups (broad SMARTS) is 1. The van der Waals surface area contributed by atoms with Crippen LogP contribution in [0.4, 0.5) is 0 Å². The minimum absolute atomic E-state index is 0.0545. The summed E-state index contributed by atoms with van der Waals surface area (Å²) in [5.41, 5.74) is 0. The number of carbonyl (C=O) groups excluding carboxylic acids is 2. The quantitative estimate of drug-likeness (QED) is 0.0283. The SMILES string of the molecule is CCCCCCCCC/C=C/C=C/CCCCCC(=O)OC(COCCC(C(=O)O)[N+](C)(C)C)COC(=O)CCCCCCCCCCCCCCCCCCCC. The molecule has 0 heterocycles. The summed E-state index contributed by atoms with van der Waals surface area (Å²) in [6.07, 6.45) is 46.5. The fourth-order valence-electron chi connectivity index (χ4n) is 7.32. The number of nitrogens with zero attached hydrogens (tertiary/aromatic N) is 1. The third kappa shape index (κ3) is 39.3. The van der Waals surface area contributed by atoms with Gasteiger partial charge in [0.15, 0.2) is 12.1 Å². The van der Waals surface area contributed by atoms with Gasteiger partial charge in [0.1, 0.15) is 6.61 Å². The van der Waals surface area contributed by atoms with Crippen LogP contribution in [0, 0.1) is 0 Å². The standard InChI is InChI=1S/C50H93NO7/c1-6-8-10-12-14-16-18-20-22-24-25-27-28-30-32-34-36-38-40-48(52)57-45-46(44-56-43-42-47(50(54)55)51(3,4)5)58-49(53)41-39-37-35-33-31-29-26-23-21-19-17-15-13-11-9-7-2/h23,26,29,31,46-47H,6-22,24-25,27-28,30,32-45H2,1-5H3/p+1/b26-23+,31-29+. The second kappa shape index (κ2) is 41.5. The molecule has 0 aromatic carbocycles. The van der Waals surface area contributed by atoms with Gasteiger partial charge in [0.2, 0.25) is 0 Å². The monoisotopic (exact) mass is 821 g/mol. The lowest BCUT2D eigenvalue weighted by molar-refractivity contribution is -0.887. The normalized spacial score (nSPS) is 13.1. The smallest absolute Gasteiger partial charge is 0.362 e. The van der Waals surface area contributed by atoms with E-state index < -0.39 is 18.1 Å². The molecule has 340 valence electrons. The second-order valence-electron chi connectivity index (χ2n) is 17.8. The topological polar surface area (TPSA) is 99.1 Å². The van der Waals surface area contributed by atoms with E-state index in [1.54, 1.807) is 0 Å². The number of hydrogen-bond donors (Lipinski definition) is 1. The van der Waals surface area contributed by atoms with Gasteiger partial charge in [-0.1, -0.05) is 192 Å². The molecule has 8 heteroatoms. The lowest BCUT2D eigenvalue weighted by Crippen LogP contribution is -2.50. The van der Waals surface area contributed by atoms with E-state index in [1.807, 2.05) is 21.1 Å². The molecule has 2 unspecified atom stereocenters. The van der Waals surface area contributed by atoms with Crippen molar-refractivity contribution >= 4 is 17.9 Å². The number of carbonyl (C=O) groups is 3. The molecule has 0 radical (unpaired) electrons. The van der Waals surface area contributed by atoms with Gasteiger partial charge in [0.05, 0.1) is 34.4 Å². The maximum atomic E-state index is 12.7. The van der Waals surface area contributed by atoms with Crippen molar-refractivity contribution in [3.05, 3.63) is 24.3 Å². The van der Waals surface area contributed by atoms with Crippen molar-refractivity contribution in [3.8, 4) is 0 Å². The fraction of sp³-hybridized carbons (Fsp3) is 0.860. The Bertz CT molecular complexity index is 1000. The lowest BCUT2D eigenvalue weighted by Gasteiger charge is -2.31. The predicted molar refractivity (Wildman–Crippen MR) is 243 cm³/mol. The van der Waals surface area contributed by atoms with Crippen LogP contribution < -0.4 is 0 Å². The van der Waals surface area contributed by atoms with E-state index in [4.69, 9.17) is 14.2 Å². The predicted octanol–water partition coefficient (Wildman–Crippen LogP) is 13.6. The Kier molecular flexibility index (Phi) is 40.0. The summed E-state index contributed by atoms with van der Waals surface area (Å²) >= 11 is 0. The van der Waals surface area contributed by atoms with Crippen LogP contribution in [0.3, 0.4) is 0 Å². The highest BCUT2D eigenvalue weighted by atomic mass is 16.6. The van der Waals surface area contributed by atoms with E-state index in [1.165, 1.54) is 141 Å². The third-order valence-corrected chi connectivity index (χ3v) is 11.1. The molecule has 0 rings (SSSR count). The first-order valence-electron chi connectivity index (χ1n) is 24.4. The fourth-order valence-corrected chi connectivity index (χ4v) is 7.32. The average Bonchev–Trinajstić information content (AvgIpc) is 3.18. The molecule has 0 aromatic heterocycles. The largest absolute Gasteiger partial charge is 0.477 e. The van der Waals surface area contributed by atoms with Gasteiger partial charge in [-0.3, -0.25) is 9.59 Å². The van der Waals surface area contributed by atoms with E-state index in [-0.39, 0.29) is 36.2 Å². The summed E-state index contributed by atoms with van der Waals surface area (Å²) in [6.45, 7) is 4.73. The van der Waals surface area contributed by atoms with Crippen LogP contribution in [-0.4, -0.2) is 80.6 Å². The number of esters is 2. The van der Waals surface area contributed by atoms with E-state index >= 15 is 0 Å². The van der Waals surface area contributed by atoms with E-state index in [9.17, 15) is 19.5 Å². The minimum atomic E-state index is -0.877. The number of quaternary nitrogens is 1. The Labute approximate surface area is 358 Å². The average molecular weight is 821 g/mol. The number of carboxylic acids is 1. The summed E-state index contributed by atoms with van der Waals surface area (Å²) in [7, 11) is 5.53. The molecule has 0 aromatic rings. The molecule has 58 heavy (non-hydrogen) atoms. The van der Waals surface area contributed by atoms with E-state index in [0.29, 0.717) is 19.3 Å².